The van der Waals surface area contributed by atoms with Crippen LogP contribution in [0, 0.1) is 0 Å². The minimum atomic E-state index is -0.948. The topological polar surface area (TPSA) is 91.8 Å². The Bertz CT molecular complexity index is 1370. The molecule has 2 N–H and O–H groups in total. The molecule has 0 spiro atoms. The van der Waals surface area contributed by atoms with Crippen molar-refractivity contribution in [3.63, 3.8) is 0 Å². The Labute approximate surface area is 230 Å². The van der Waals surface area contributed by atoms with E-state index in [0.29, 0.717) is 17.1 Å². The van der Waals surface area contributed by atoms with Gasteiger partial charge in [0.15, 0.2) is 5.13 Å². The number of carboxylic acid groups (broad SMARTS) is 1. The van der Waals surface area contributed by atoms with Gasteiger partial charge in [-0.15, -0.1) is 11.3 Å². The quantitative estimate of drug-likeness (QED) is 0.228. The number of nitrogens with one attached hydrogen (secondary N) is 1. The summed E-state index contributed by atoms with van der Waals surface area (Å²) >= 11 is 7.77. The van der Waals surface area contributed by atoms with E-state index in [1.54, 1.807) is 30.6 Å². The minimum absolute atomic E-state index is 0.0913. The first-order valence-corrected chi connectivity index (χ1v) is 13.4. The zero-order valence-electron chi connectivity index (χ0n) is 20.9. The van der Waals surface area contributed by atoms with Crippen molar-refractivity contribution in [2.45, 2.75) is 19.4 Å². The number of nitrogens with zero attached hydrogens (tertiary/aromatic N) is 2. The molecule has 0 unspecified atom stereocenters. The highest BCUT2D eigenvalue weighted by Crippen LogP contribution is 2.30. The predicted molar refractivity (Wildman–Crippen MR) is 151 cm³/mol. The molecule has 4 rings (SSSR count). The van der Waals surface area contributed by atoms with E-state index in [4.69, 9.17) is 26.4 Å². The number of carboxylic acids is 1. The molecule has 0 aliphatic heterocycles. The number of hydrogen-bond acceptors (Lipinski definition) is 6. The molecule has 196 valence electrons. The van der Waals surface area contributed by atoms with E-state index >= 15 is 0 Å². The largest absolute Gasteiger partial charge is 0.497 e. The summed E-state index contributed by atoms with van der Waals surface area (Å²) in [5, 5.41) is 15.0. The third-order valence-corrected chi connectivity index (χ3v) is 7.06. The average molecular weight is 550 g/mol. The van der Waals surface area contributed by atoms with E-state index in [0.717, 1.165) is 40.7 Å². The molecule has 0 saturated heterocycles. The number of ether oxygens (including phenoxy) is 1. The molecular weight excluding hydrogens is 522 g/mol. The fraction of sp³-hybridized carbons (Fsp3) is 0.207. The van der Waals surface area contributed by atoms with Crippen molar-refractivity contribution >= 4 is 39.9 Å². The Hall–Kier alpha value is -3.88. The van der Waals surface area contributed by atoms with Gasteiger partial charge in [0.2, 0.25) is 0 Å². The highest BCUT2D eigenvalue weighted by Gasteiger charge is 2.15. The molecule has 1 heterocycles. The number of hydrogen-bond donors (Lipinski definition) is 2. The highest BCUT2D eigenvalue weighted by atomic mass is 35.5. The van der Waals surface area contributed by atoms with Crippen LogP contribution in [0.15, 0.2) is 78.2 Å². The van der Waals surface area contributed by atoms with Crippen LogP contribution in [0.2, 0.25) is 5.02 Å². The SMILES string of the molecule is COc1ccc(CCN(Cc2ccc(C(=O)NCCC(=O)O)cc2)c2nc(-c3cccc(Cl)c3)cs2)cc1. The molecule has 0 radical (unpaired) electrons. The number of carbonyl (C=O) groups is 2. The van der Waals surface area contributed by atoms with Gasteiger partial charge in [-0.05, 0) is 53.9 Å². The number of amides is 1. The molecule has 9 heteroatoms. The lowest BCUT2D eigenvalue weighted by atomic mass is 10.1. The van der Waals surface area contributed by atoms with Crippen molar-refractivity contribution in [3.8, 4) is 17.0 Å². The standard InChI is InChI=1S/C29H28ClN3O4S/c1-37-25-11-7-20(8-12-25)14-16-33(29-32-26(19-38-29)23-3-2-4-24(30)17-23)18-21-5-9-22(10-6-21)28(36)31-15-13-27(34)35/h2-12,17,19H,13-16,18H2,1H3,(H,31,36)(H,34,35). The Morgan fingerprint density at radius 1 is 1.05 bits per heavy atom. The van der Waals surface area contributed by atoms with Gasteiger partial charge in [-0.1, -0.05) is 48.0 Å². The van der Waals surface area contributed by atoms with Gasteiger partial charge < -0.3 is 20.1 Å². The van der Waals surface area contributed by atoms with Crippen LogP contribution in [0.1, 0.15) is 27.9 Å². The smallest absolute Gasteiger partial charge is 0.305 e. The maximum absolute atomic E-state index is 12.3. The van der Waals surface area contributed by atoms with Crippen LogP contribution in [0.5, 0.6) is 5.75 Å². The lowest BCUT2D eigenvalue weighted by Crippen LogP contribution is -2.26. The number of carbonyl (C=O) groups excluding carboxylic acids is 1. The van der Waals surface area contributed by atoms with Crippen LogP contribution >= 0.6 is 22.9 Å². The lowest BCUT2D eigenvalue weighted by Gasteiger charge is -2.22. The van der Waals surface area contributed by atoms with Crippen molar-refractivity contribution in [2.24, 2.45) is 0 Å². The zero-order chi connectivity index (χ0) is 26.9. The Balaban J connectivity index is 1.50. The third kappa shape index (κ3) is 7.57. The summed E-state index contributed by atoms with van der Waals surface area (Å²) in [5.41, 5.74) is 4.54. The van der Waals surface area contributed by atoms with E-state index in [9.17, 15) is 9.59 Å². The first kappa shape index (κ1) is 27.2. The molecule has 0 aliphatic rings. The van der Waals surface area contributed by atoms with Gasteiger partial charge in [0.25, 0.3) is 5.91 Å². The molecule has 1 aromatic heterocycles. The number of aliphatic carboxylic acids is 1. The fourth-order valence-electron chi connectivity index (χ4n) is 3.86. The van der Waals surface area contributed by atoms with Gasteiger partial charge in [-0.3, -0.25) is 9.59 Å². The van der Waals surface area contributed by atoms with Crippen molar-refractivity contribution in [3.05, 3.63) is 99.9 Å². The van der Waals surface area contributed by atoms with Crippen molar-refractivity contribution < 1.29 is 19.4 Å². The molecule has 38 heavy (non-hydrogen) atoms. The number of thiazole rings is 1. The summed E-state index contributed by atoms with van der Waals surface area (Å²) in [7, 11) is 1.65. The summed E-state index contributed by atoms with van der Waals surface area (Å²) in [6, 6.07) is 23.0. The van der Waals surface area contributed by atoms with Crippen LogP contribution in [0.25, 0.3) is 11.3 Å². The second-order valence-corrected chi connectivity index (χ2v) is 9.91. The molecule has 0 fully saturated rings. The summed E-state index contributed by atoms with van der Waals surface area (Å²) in [6.07, 6.45) is 0.706. The summed E-state index contributed by atoms with van der Waals surface area (Å²) < 4.78 is 5.27. The Morgan fingerprint density at radius 3 is 2.47 bits per heavy atom. The molecule has 0 bridgehead atoms. The molecule has 0 aliphatic carbocycles. The number of halogens is 1. The van der Waals surface area contributed by atoms with Gasteiger partial charge in [0.1, 0.15) is 5.75 Å². The van der Waals surface area contributed by atoms with E-state index in [-0.39, 0.29) is 18.9 Å². The third-order valence-electron chi connectivity index (χ3n) is 5.93. The van der Waals surface area contributed by atoms with Crippen molar-refractivity contribution in [1.82, 2.24) is 10.3 Å². The van der Waals surface area contributed by atoms with Crippen LogP contribution in [0.3, 0.4) is 0 Å². The molecule has 7 nitrogen and oxygen atoms in total. The summed E-state index contributed by atoms with van der Waals surface area (Å²) in [4.78, 5) is 30.1. The molecular formula is C29H28ClN3O4S. The zero-order valence-corrected chi connectivity index (χ0v) is 22.5. The van der Waals surface area contributed by atoms with E-state index < -0.39 is 5.97 Å². The second kappa shape index (κ2) is 13.1. The highest BCUT2D eigenvalue weighted by molar-refractivity contribution is 7.14. The summed E-state index contributed by atoms with van der Waals surface area (Å²) in [5.74, 6) is -0.417. The van der Waals surface area contributed by atoms with Crippen LogP contribution < -0.4 is 15.0 Å². The van der Waals surface area contributed by atoms with Gasteiger partial charge in [-0.2, -0.15) is 0 Å². The fourth-order valence-corrected chi connectivity index (χ4v) is 4.91. The molecule has 0 atom stereocenters. The Kier molecular flexibility index (Phi) is 9.35. The normalized spacial score (nSPS) is 10.7. The summed E-state index contributed by atoms with van der Waals surface area (Å²) in [6.45, 7) is 1.44. The van der Waals surface area contributed by atoms with Crippen LogP contribution in [-0.4, -0.2) is 42.2 Å². The van der Waals surface area contributed by atoms with Crippen LogP contribution in [-0.2, 0) is 17.8 Å². The van der Waals surface area contributed by atoms with E-state index in [1.165, 1.54) is 5.56 Å². The number of aromatic nitrogens is 1. The molecule has 4 aromatic rings. The van der Waals surface area contributed by atoms with Gasteiger partial charge >= 0.3 is 5.97 Å². The van der Waals surface area contributed by atoms with Crippen molar-refractivity contribution in [1.29, 1.82) is 0 Å². The van der Waals surface area contributed by atoms with Gasteiger partial charge in [0, 0.05) is 41.2 Å². The Morgan fingerprint density at radius 2 is 1.79 bits per heavy atom. The first-order valence-electron chi connectivity index (χ1n) is 12.1. The maximum atomic E-state index is 12.3. The predicted octanol–water partition coefficient (Wildman–Crippen LogP) is 5.93. The number of methoxy groups -OCH3 is 1. The van der Waals surface area contributed by atoms with E-state index in [2.05, 4.69) is 22.3 Å². The van der Waals surface area contributed by atoms with Gasteiger partial charge in [0.05, 0.1) is 19.2 Å². The lowest BCUT2D eigenvalue weighted by molar-refractivity contribution is -0.136. The number of rotatable bonds is 12. The molecule has 1 amide bonds. The first-order chi connectivity index (χ1) is 18.4. The van der Waals surface area contributed by atoms with Crippen molar-refractivity contribution in [2.75, 3.05) is 25.1 Å². The number of benzene rings is 3. The monoisotopic (exact) mass is 549 g/mol. The minimum Gasteiger partial charge on any atom is -0.497 e. The molecule has 0 saturated carbocycles. The average Bonchev–Trinajstić information content (AvgIpc) is 3.42. The maximum Gasteiger partial charge on any atom is 0.305 e. The van der Waals surface area contributed by atoms with Crippen LogP contribution in [0.4, 0.5) is 5.13 Å². The van der Waals surface area contributed by atoms with Gasteiger partial charge in [-0.25, -0.2) is 4.98 Å². The second-order valence-electron chi connectivity index (χ2n) is 8.64. The van der Waals surface area contributed by atoms with E-state index in [1.807, 2.05) is 53.9 Å². The number of anilines is 1. The molecule has 3 aromatic carbocycles.